The van der Waals surface area contributed by atoms with Gasteiger partial charge in [0, 0.05) is 31.0 Å². The second-order valence-corrected chi connectivity index (χ2v) is 7.61. The first-order valence-corrected chi connectivity index (χ1v) is 9.87. The van der Waals surface area contributed by atoms with Crippen LogP contribution in [0.4, 0.5) is 0 Å². The molecule has 1 fully saturated rings. The number of benzene rings is 1. The fraction of sp³-hybridized carbons (Fsp3) is 0.500. The smallest absolute Gasteiger partial charge is 0.223 e. The van der Waals surface area contributed by atoms with Crippen molar-refractivity contribution < 1.29 is 9.53 Å². The third-order valence-electron chi connectivity index (χ3n) is 4.85. The fourth-order valence-corrected chi connectivity index (χ4v) is 4.38. The Morgan fingerprint density at radius 2 is 2.20 bits per heavy atom. The minimum atomic E-state index is 0.0981. The Bertz CT molecular complexity index is 721. The number of fused-ring (bicyclic) bond motifs is 3. The number of nitrogens with zero attached hydrogens (tertiary/aromatic N) is 4. The first-order valence-electron chi connectivity index (χ1n) is 8.71. The van der Waals surface area contributed by atoms with Crippen molar-refractivity contribution >= 4 is 17.7 Å². The van der Waals surface area contributed by atoms with Crippen LogP contribution in [0, 0.1) is 0 Å². The predicted molar refractivity (Wildman–Crippen MR) is 96.1 cm³/mol. The number of piperidine rings is 1. The number of carbonyl (C=O) groups is 1. The van der Waals surface area contributed by atoms with Gasteiger partial charge in [0.1, 0.15) is 0 Å². The highest BCUT2D eigenvalue weighted by Gasteiger charge is 2.37. The van der Waals surface area contributed by atoms with Gasteiger partial charge >= 0.3 is 0 Å². The maximum atomic E-state index is 12.6. The van der Waals surface area contributed by atoms with Crippen molar-refractivity contribution in [3.05, 3.63) is 47.8 Å². The van der Waals surface area contributed by atoms with Crippen LogP contribution in [-0.2, 0) is 21.9 Å². The number of amides is 1. The number of hydrogen-bond acceptors (Lipinski definition) is 5. The lowest BCUT2D eigenvalue weighted by Gasteiger charge is -2.41. The molecule has 0 bridgehead atoms. The van der Waals surface area contributed by atoms with Crippen LogP contribution in [0.3, 0.4) is 0 Å². The van der Waals surface area contributed by atoms with E-state index in [2.05, 4.69) is 34.6 Å². The molecule has 1 saturated heterocycles. The average molecular weight is 358 g/mol. The van der Waals surface area contributed by atoms with E-state index < -0.39 is 0 Å². The minimum Gasteiger partial charge on any atom is -0.370 e. The number of carbonyl (C=O) groups excluding carboxylic acids is 1. The van der Waals surface area contributed by atoms with Crippen molar-refractivity contribution in [3.8, 4) is 0 Å². The third-order valence-corrected chi connectivity index (χ3v) is 5.88. The molecule has 6 nitrogen and oxygen atoms in total. The zero-order valence-electron chi connectivity index (χ0n) is 14.1. The van der Waals surface area contributed by atoms with Gasteiger partial charge in [-0.1, -0.05) is 35.5 Å². The van der Waals surface area contributed by atoms with Crippen molar-refractivity contribution in [1.29, 1.82) is 0 Å². The fourth-order valence-electron chi connectivity index (χ4n) is 3.49. The molecule has 0 N–H and O–H groups in total. The molecule has 2 aliphatic heterocycles. The lowest BCUT2D eigenvalue weighted by Crippen LogP contribution is -2.50. The minimum absolute atomic E-state index is 0.0981. The molecular weight excluding hydrogens is 336 g/mol. The molecule has 0 spiro atoms. The molecule has 0 aliphatic carbocycles. The number of thioether (sulfide) groups is 1. The van der Waals surface area contributed by atoms with Gasteiger partial charge in [-0.15, -0.1) is 5.10 Å². The van der Waals surface area contributed by atoms with Gasteiger partial charge < -0.3 is 9.64 Å². The van der Waals surface area contributed by atoms with E-state index >= 15 is 0 Å². The summed E-state index contributed by atoms with van der Waals surface area (Å²) in [5.41, 5.74) is 2.30. The van der Waals surface area contributed by atoms with Crippen LogP contribution in [-0.4, -0.2) is 50.7 Å². The number of ether oxygens (including phenoxy) is 1. The zero-order valence-corrected chi connectivity index (χ0v) is 14.9. The third kappa shape index (κ3) is 3.72. The maximum Gasteiger partial charge on any atom is 0.223 e. The van der Waals surface area contributed by atoms with Crippen LogP contribution in [0.5, 0.6) is 0 Å². The Hall–Kier alpha value is -1.86. The van der Waals surface area contributed by atoms with Crippen LogP contribution in [0.1, 0.15) is 30.1 Å². The van der Waals surface area contributed by atoms with Crippen molar-refractivity contribution in [2.24, 2.45) is 0 Å². The van der Waals surface area contributed by atoms with Gasteiger partial charge in [0.2, 0.25) is 5.91 Å². The molecule has 0 radical (unpaired) electrons. The quantitative estimate of drug-likeness (QED) is 0.768. The average Bonchev–Trinajstić information content (AvgIpc) is 3.15. The van der Waals surface area contributed by atoms with Crippen LogP contribution in [0.25, 0.3) is 0 Å². The Morgan fingerprint density at radius 3 is 3.08 bits per heavy atom. The molecule has 1 amide bonds. The normalized spacial score (nSPS) is 22.3. The summed E-state index contributed by atoms with van der Waals surface area (Å²) in [7, 11) is 0. The van der Waals surface area contributed by atoms with Crippen molar-refractivity contribution in [3.63, 3.8) is 0 Å². The van der Waals surface area contributed by atoms with E-state index in [0.717, 1.165) is 30.2 Å². The summed E-state index contributed by atoms with van der Waals surface area (Å²) in [6.07, 6.45) is 3.34. The Kier molecular flexibility index (Phi) is 5.03. The molecule has 2 aliphatic rings. The summed E-state index contributed by atoms with van der Waals surface area (Å²) in [6, 6.07) is 10.5. The van der Waals surface area contributed by atoms with E-state index in [0.29, 0.717) is 19.6 Å². The van der Waals surface area contributed by atoms with Crippen LogP contribution >= 0.6 is 11.8 Å². The Labute approximate surface area is 151 Å². The summed E-state index contributed by atoms with van der Waals surface area (Å²) in [5, 5.41) is 8.17. The van der Waals surface area contributed by atoms with Crippen molar-refractivity contribution in [2.75, 3.05) is 18.8 Å². The molecule has 7 heteroatoms. The molecule has 0 saturated carbocycles. The first-order chi connectivity index (χ1) is 12.3. The Balaban J connectivity index is 1.27. The summed E-state index contributed by atoms with van der Waals surface area (Å²) in [4.78, 5) is 14.5. The lowest BCUT2D eigenvalue weighted by atomic mass is 10.00. The first kappa shape index (κ1) is 16.6. The van der Waals surface area contributed by atoms with Gasteiger partial charge in [0.15, 0.2) is 0 Å². The Morgan fingerprint density at radius 1 is 1.32 bits per heavy atom. The molecule has 2 atom stereocenters. The highest BCUT2D eigenvalue weighted by molar-refractivity contribution is 7.98. The zero-order chi connectivity index (χ0) is 17.1. The molecule has 4 rings (SSSR count). The van der Waals surface area contributed by atoms with E-state index in [9.17, 15) is 4.79 Å². The summed E-state index contributed by atoms with van der Waals surface area (Å²) in [6.45, 7) is 2.01. The molecular formula is C18H22N4O2S. The molecule has 0 unspecified atom stereocenters. The van der Waals surface area contributed by atoms with Crippen molar-refractivity contribution in [1.82, 2.24) is 19.9 Å². The van der Waals surface area contributed by atoms with Gasteiger partial charge in [0.05, 0.1) is 30.6 Å². The molecule has 25 heavy (non-hydrogen) atoms. The molecule has 1 aromatic carbocycles. The van der Waals surface area contributed by atoms with Crippen LogP contribution in [0.2, 0.25) is 0 Å². The van der Waals surface area contributed by atoms with Crippen LogP contribution in [0.15, 0.2) is 36.5 Å². The standard InChI is InChI=1S/C18H22N4O2S/c23-18(7-9-25-13-14-4-2-1-3-5-14)21-8-6-17-16(11-21)22-15(12-24-17)10-19-20-22/h1-5,10,16-17H,6-9,11-13H2/t16-,17+/m0/s1. The largest absolute Gasteiger partial charge is 0.370 e. The second kappa shape index (κ2) is 7.58. The topological polar surface area (TPSA) is 60.3 Å². The highest BCUT2D eigenvalue weighted by Crippen LogP contribution is 2.30. The molecule has 3 heterocycles. The predicted octanol–water partition coefficient (Wildman–Crippen LogP) is 2.27. The van der Waals surface area contributed by atoms with E-state index in [1.807, 2.05) is 27.4 Å². The van der Waals surface area contributed by atoms with E-state index in [1.54, 1.807) is 6.20 Å². The van der Waals surface area contributed by atoms with Gasteiger partial charge in [-0.05, 0) is 12.0 Å². The molecule has 1 aromatic heterocycles. The monoisotopic (exact) mass is 358 g/mol. The molecule has 132 valence electrons. The number of likely N-dealkylation sites (tertiary alicyclic amines) is 1. The van der Waals surface area contributed by atoms with Crippen molar-refractivity contribution in [2.45, 2.75) is 37.3 Å². The summed E-state index contributed by atoms with van der Waals surface area (Å²) >= 11 is 1.81. The van der Waals surface area contributed by atoms with E-state index in [4.69, 9.17) is 4.74 Å². The highest BCUT2D eigenvalue weighted by atomic mass is 32.2. The number of hydrogen-bond donors (Lipinski definition) is 0. The van der Waals surface area contributed by atoms with Gasteiger partial charge in [-0.2, -0.15) is 11.8 Å². The van der Waals surface area contributed by atoms with Gasteiger partial charge in [0.25, 0.3) is 0 Å². The number of aromatic nitrogens is 3. The summed E-state index contributed by atoms with van der Waals surface area (Å²) < 4.78 is 7.84. The lowest BCUT2D eigenvalue weighted by molar-refractivity contribution is -0.137. The molecule has 2 aromatic rings. The SMILES string of the molecule is O=C(CCSCc1ccccc1)N1CC[C@H]2OCc3cnnn3[C@H]2C1. The van der Waals surface area contributed by atoms with E-state index in [-0.39, 0.29) is 18.1 Å². The second-order valence-electron chi connectivity index (χ2n) is 6.50. The van der Waals surface area contributed by atoms with E-state index in [1.165, 1.54) is 5.56 Å². The number of rotatable bonds is 5. The maximum absolute atomic E-state index is 12.6. The summed E-state index contributed by atoms with van der Waals surface area (Å²) in [5.74, 6) is 2.03. The van der Waals surface area contributed by atoms with Gasteiger partial charge in [-0.25, -0.2) is 4.68 Å². The van der Waals surface area contributed by atoms with Crippen LogP contribution < -0.4 is 0 Å². The van der Waals surface area contributed by atoms with Gasteiger partial charge in [-0.3, -0.25) is 4.79 Å².